The molecule has 1 atom stereocenters. The molecule has 1 unspecified atom stereocenters. The standard InChI is InChI=1S/C14H15F3N2O/c15-14(16,17)20-12-7-3-4-10(8-12)13(9-18)19-11-5-1-2-6-11/h3-4,7-8,11,13,19H,1-2,5-6H2. The van der Waals surface area contributed by atoms with Crippen molar-refractivity contribution in [1.82, 2.24) is 5.32 Å². The molecule has 0 aliphatic heterocycles. The van der Waals surface area contributed by atoms with Crippen molar-refractivity contribution in [2.45, 2.75) is 44.1 Å². The molecule has 108 valence electrons. The Bertz CT molecular complexity index is 490. The van der Waals surface area contributed by atoms with Crippen LogP contribution in [0.4, 0.5) is 13.2 Å². The van der Waals surface area contributed by atoms with E-state index in [-0.39, 0.29) is 11.8 Å². The first-order valence-electron chi connectivity index (χ1n) is 6.49. The molecule has 1 fully saturated rings. The summed E-state index contributed by atoms with van der Waals surface area (Å²) in [7, 11) is 0. The Morgan fingerprint density at radius 1 is 1.30 bits per heavy atom. The quantitative estimate of drug-likeness (QED) is 0.917. The summed E-state index contributed by atoms with van der Waals surface area (Å²) in [6, 6.07) is 7.28. The molecular formula is C14H15F3N2O. The Kier molecular flexibility index (Phi) is 4.50. The Labute approximate surface area is 115 Å². The maximum atomic E-state index is 12.2. The second-order valence-corrected chi connectivity index (χ2v) is 4.83. The van der Waals surface area contributed by atoms with E-state index in [4.69, 9.17) is 0 Å². The zero-order chi connectivity index (χ0) is 14.6. The van der Waals surface area contributed by atoms with Crippen molar-refractivity contribution >= 4 is 0 Å². The number of hydrogen-bond acceptors (Lipinski definition) is 3. The lowest BCUT2D eigenvalue weighted by atomic mass is 10.1. The third kappa shape index (κ3) is 4.14. The number of rotatable bonds is 4. The topological polar surface area (TPSA) is 45.0 Å². The lowest BCUT2D eigenvalue weighted by molar-refractivity contribution is -0.274. The first kappa shape index (κ1) is 14.7. The van der Waals surface area contributed by atoms with Gasteiger partial charge in [0, 0.05) is 6.04 Å². The Hall–Kier alpha value is -1.74. The second kappa shape index (κ2) is 6.14. The maximum absolute atomic E-state index is 12.2. The highest BCUT2D eigenvalue weighted by molar-refractivity contribution is 5.33. The fraction of sp³-hybridized carbons (Fsp3) is 0.500. The van der Waals surface area contributed by atoms with Gasteiger partial charge in [-0.15, -0.1) is 13.2 Å². The number of nitrogens with one attached hydrogen (secondary N) is 1. The zero-order valence-corrected chi connectivity index (χ0v) is 10.8. The van der Waals surface area contributed by atoms with Crippen LogP contribution in [0, 0.1) is 11.3 Å². The van der Waals surface area contributed by atoms with E-state index in [1.807, 2.05) is 0 Å². The summed E-state index contributed by atoms with van der Waals surface area (Å²) in [5.74, 6) is -0.302. The molecule has 0 aromatic heterocycles. The zero-order valence-electron chi connectivity index (χ0n) is 10.8. The number of nitrogens with zero attached hydrogens (tertiary/aromatic N) is 1. The summed E-state index contributed by atoms with van der Waals surface area (Å²) < 4.78 is 40.4. The van der Waals surface area contributed by atoms with Gasteiger partial charge in [-0.2, -0.15) is 5.26 Å². The number of nitriles is 1. The molecule has 20 heavy (non-hydrogen) atoms. The first-order valence-corrected chi connectivity index (χ1v) is 6.49. The van der Waals surface area contributed by atoms with Gasteiger partial charge in [-0.25, -0.2) is 0 Å². The monoisotopic (exact) mass is 284 g/mol. The molecule has 3 nitrogen and oxygen atoms in total. The van der Waals surface area contributed by atoms with Crippen molar-refractivity contribution in [3.63, 3.8) is 0 Å². The largest absolute Gasteiger partial charge is 0.573 e. The van der Waals surface area contributed by atoms with Crippen LogP contribution in [0.5, 0.6) is 5.75 Å². The molecule has 0 bridgehead atoms. The van der Waals surface area contributed by atoms with Crippen LogP contribution in [0.1, 0.15) is 37.3 Å². The minimum Gasteiger partial charge on any atom is -0.406 e. The molecule has 0 amide bonds. The van der Waals surface area contributed by atoms with Gasteiger partial charge in [0.25, 0.3) is 0 Å². The average Bonchev–Trinajstić information content (AvgIpc) is 2.87. The molecule has 1 aliphatic carbocycles. The van der Waals surface area contributed by atoms with E-state index in [2.05, 4.69) is 16.1 Å². The van der Waals surface area contributed by atoms with Crippen LogP contribution < -0.4 is 10.1 Å². The number of alkyl halides is 3. The van der Waals surface area contributed by atoms with Crippen molar-refractivity contribution in [3.8, 4) is 11.8 Å². The van der Waals surface area contributed by atoms with E-state index in [9.17, 15) is 18.4 Å². The maximum Gasteiger partial charge on any atom is 0.573 e. The second-order valence-electron chi connectivity index (χ2n) is 4.83. The summed E-state index contributed by atoms with van der Waals surface area (Å²) in [6.07, 6.45) is -0.492. The number of ether oxygens (including phenoxy) is 1. The highest BCUT2D eigenvalue weighted by atomic mass is 19.4. The Morgan fingerprint density at radius 2 is 2.00 bits per heavy atom. The van der Waals surface area contributed by atoms with Crippen LogP contribution in [0.15, 0.2) is 24.3 Å². The van der Waals surface area contributed by atoms with Crippen LogP contribution in [0.3, 0.4) is 0 Å². The van der Waals surface area contributed by atoms with Crippen LogP contribution in [-0.4, -0.2) is 12.4 Å². The lowest BCUT2D eigenvalue weighted by Crippen LogP contribution is -2.29. The molecule has 0 radical (unpaired) electrons. The highest BCUT2D eigenvalue weighted by Crippen LogP contribution is 2.27. The molecule has 0 spiro atoms. The van der Waals surface area contributed by atoms with Crippen LogP contribution in [-0.2, 0) is 0 Å². The van der Waals surface area contributed by atoms with Gasteiger partial charge in [0.2, 0.25) is 0 Å². The van der Waals surface area contributed by atoms with Crippen LogP contribution in [0.2, 0.25) is 0 Å². The van der Waals surface area contributed by atoms with Crippen molar-refractivity contribution in [3.05, 3.63) is 29.8 Å². The Morgan fingerprint density at radius 3 is 2.60 bits per heavy atom. The van der Waals surface area contributed by atoms with Gasteiger partial charge in [-0.05, 0) is 30.5 Å². The SMILES string of the molecule is N#CC(NC1CCCC1)c1cccc(OC(F)(F)F)c1. The first-order chi connectivity index (χ1) is 9.48. The molecule has 1 saturated carbocycles. The molecule has 0 heterocycles. The predicted molar refractivity (Wildman–Crippen MR) is 66.9 cm³/mol. The van der Waals surface area contributed by atoms with Gasteiger partial charge >= 0.3 is 6.36 Å². The van der Waals surface area contributed by atoms with E-state index >= 15 is 0 Å². The van der Waals surface area contributed by atoms with E-state index in [0.717, 1.165) is 25.7 Å². The van der Waals surface area contributed by atoms with Gasteiger partial charge in [0.05, 0.1) is 6.07 Å². The summed E-state index contributed by atoms with van der Waals surface area (Å²) in [5, 5.41) is 12.4. The summed E-state index contributed by atoms with van der Waals surface area (Å²) >= 11 is 0. The smallest absolute Gasteiger partial charge is 0.406 e. The van der Waals surface area contributed by atoms with E-state index in [1.54, 1.807) is 6.07 Å². The van der Waals surface area contributed by atoms with E-state index in [1.165, 1.54) is 18.2 Å². The number of hydrogen-bond donors (Lipinski definition) is 1. The Balaban J connectivity index is 2.09. The average molecular weight is 284 g/mol. The van der Waals surface area contributed by atoms with Crippen molar-refractivity contribution in [2.24, 2.45) is 0 Å². The summed E-state index contributed by atoms with van der Waals surface area (Å²) in [4.78, 5) is 0. The fourth-order valence-corrected chi connectivity index (χ4v) is 2.43. The van der Waals surface area contributed by atoms with Crippen molar-refractivity contribution in [1.29, 1.82) is 5.26 Å². The molecule has 2 rings (SSSR count). The normalized spacial score (nSPS) is 17.7. The highest BCUT2D eigenvalue weighted by Gasteiger charge is 2.31. The molecule has 6 heteroatoms. The van der Waals surface area contributed by atoms with Gasteiger partial charge in [-0.1, -0.05) is 25.0 Å². The van der Waals surface area contributed by atoms with Gasteiger partial charge < -0.3 is 4.74 Å². The van der Waals surface area contributed by atoms with Crippen molar-refractivity contribution in [2.75, 3.05) is 0 Å². The van der Waals surface area contributed by atoms with Gasteiger partial charge in [0.1, 0.15) is 11.8 Å². The van der Waals surface area contributed by atoms with E-state index < -0.39 is 12.4 Å². The molecule has 1 aromatic rings. The molecular weight excluding hydrogens is 269 g/mol. The van der Waals surface area contributed by atoms with Crippen molar-refractivity contribution < 1.29 is 17.9 Å². The molecule has 1 N–H and O–H groups in total. The van der Waals surface area contributed by atoms with Gasteiger partial charge in [-0.3, -0.25) is 5.32 Å². The number of halogens is 3. The van der Waals surface area contributed by atoms with Crippen LogP contribution in [0.25, 0.3) is 0 Å². The third-order valence-corrected chi connectivity index (χ3v) is 3.31. The summed E-state index contributed by atoms with van der Waals surface area (Å²) in [5.41, 5.74) is 0.487. The minimum atomic E-state index is -4.72. The summed E-state index contributed by atoms with van der Waals surface area (Å²) in [6.45, 7) is 0. The lowest BCUT2D eigenvalue weighted by Gasteiger charge is -2.18. The van der Waals surface area contributed by atoms with Crippen LogP contribution >= 0.6 is 0 Å². The molecule has 1 aromatic carbocycles. The third-order valence-electron chi connectivity index (χ3n) is 3.31. The molecule has 0 saturated heterocycles. The van der Waals surface area contributed by atoms with Gasteiger partial charge in [0.15, 0.2) is 0 Å². The minimum absolute atomic E-state index is 0.256. The number of benzene rings is 1. The van der Waals surface area contributed by atoms with E-state index in [0.29, 0.717) is 5.56 Å². The fourth-order valence-electron chi connectivity index (χ4n) is 2.43. The predicted octanol–water partition coefficient (Wildman–Crippen LogP) is 3.68. The molecule has 1 aliphatic rings.